The summed E-state index contributed by atoms with van der Waals surface area (Å²) in [6.45, 7) is 1.75. The first-order chi connectivity index (χ1) is 6.68. The molecule has 0 radical (unpaired) electrons. The molecule has 1 aromatic carbocycles. The topological polar surface area (TPSA) is 35.5 Å². The molecule has 1 aliphatic heterocycles. The summed E-state index contributed by atoms with van der Waals surface area (Å²) in [7, 11) is 1.52. The Labute approximate surface area is 82.6 Å². The lowest BCUT2D eigenvalue weighted by molar-refractivity contribution is -0.233. The van der Waals surface area contributed by atoms with Crippen LogP contribution in [0.15, 0.2) is 30.3 Å². The Morgan fingerprint density at radius 1 is 1.36 bits per heavy atom. The van der Waals surface area contributed by atoms with Gasteiger partial charge in [0.25, 0.3) is 0 Å². The molecule has 0 aliphatic carbocycles. The van der Waals surface area contributed by atoms with Crippen molar-refractivity contribution in [2.24, 2.45) is 0 Å². The summed E-state index contributed by atoms with van der Waals surface area (Å²) in [5, 5.41) is 0. The van der Waals surface area contributed by atoms with Gasteiger partial charge in [-0.1, -0.05) is 30.3 Å². The molecule has 14 heavy (non-hydrogen) atoms. The maximum absolute atomic E-state index is 11.2. The van der Waals surface area contributed by atoms with Crippen molar-refractivity contribution in [2.45, 2.75) is 18.6 Å². The number of esters is 1. The highest BCUT2D eigenvalue weighted by Crippen LogP contribution is 2.42. The molecule has 1 aliphatic rings. The van der Waals surface area contributed by atoms with Gasteiger partial charge in [0.1, 0.15) is 0 Å². The number of cyclic esters (lactones) is 1. The van der Waals surface area contributed by atoms with Crippen LogP contribution >= 0.6 is 0 Å². The van der Waals surface area contributed by atoms with E-state index in [1.54, 1.807) is 6.92 Å². The number of methoxy groups -OCH3 is 1. The highest BCUT2D eigenvalue weighted by Gasteiger charge is 2.55. The van der Waals surface area contributed by atoms with E-state index in [1.807, 2.05) is 30.3 Å². The van der Waals surface area contributed by atoms with Crippen LogP contribution in [0.3, 0.4) is 0 Å². The van der Waals surface area contributed by atoms with Crippen LogP contribution in [0.2, 0.25) is 0 Å². The average molecular weight is 192 g/mol. The number of hydrogen-bond donors (Lipinski definition) is 0. The second-order valence-corrected chi connectivity index (χ2v) is 3.51. The van der Waals surface area contributed by atoms with Gasteiger partial charge < -0.3 is 9.47 Å². The maximum Gasteiger partial charge on any atom is 0.343 e. The highest BCUT2D eigenvalue weighted by molar-refractivity contribution is 5.86. The third-order valence-corrected chi connectivity index (χ3v) is 2.66. The van der Waals surface area contributed by atoms with Gasteiger partial charge in [-0.3, -0.25) is 0 Å². The minimum atomic E-state index is -0.818. The molecule has 74 valence electrons. The third-order valence-electron chi connectivity index (χ3n) is 2.66. The monoisotopic (exact) mass is 192 g/mol. The molecule has 1 heterocycles. The molecule has 0 N–H and O–H groups in total. The van der Waals surface area contributed by atoms with Crippen LogP contribution in [0.5, 0.6) is 0 Å². The molecule has 2 rings (SSSR count). The van der Waals surface area contributed by atoms with Gasteiger partial charge in [-0.05, 0) is 12.5 Å². The predicted molar refractivity (Wildman–Crippen MR) is 50.7 cm³/mol. The quantitative estimate of drug-likeness (QED) is 0.669. The molecule has 0 spiro atoms. The van der Waals surface area contributed by atoms with E-state index < -0.39 is 5.60 Å². The second-order valence-electron chi connectivity index (χ2n) is 3.51. The van der Waals surface area contributed by atoms with Gasteiger partial charge in [-0.25, -0.2) is 4.79 Å². The number of carbonyl (C=O) groups excluding carboxylic acids is 1. The molecule has 0 bridgehead atoms. The summed E-state index contributed by atoms with van der Waals surface area (Å²) >= 11 is 0. The van der Waals surface area contributed by atoms with Crippen LogP contribution in [-0.4, -0.2) is 18.7 Å². The van der Waals surface area contributed by atoms with Gasteiger partial charge >= 0.3 is 5.97 Å². The minimum Gasteiger partial charge on any atom is -0.451 e. The molecule has 1 saturated heterocycles. The van der Waals surface area contributed by atoms with Crippen molar-refractivity contribution in [3.63, 3.8) is 0 Å². The van der Waals surface area contributed by atoms with Gasteiger partial charge in [0.05, 0.1) is 0 Å². The minimum absolute atomic E-state index is 0.277. The van der Waals surface area contributed by atoms with Crippen LogP contribution in [0.4, 0.5) is 0 Å². The zero-order chi connectivity index (χ0) is 10.2. The number of hydrogen-bond acceptors (Lipinski definition) is 3. The van der Waals surface area contributed by atoms with Crippen molar-refractivity contribution in [3.05, 3.63) is 35.9 Å². The number of carbonyl (C=O) groups is 1. The fraction of sp³-hybridized carbons (Fsp3) is 0.364. The number of benzene rings is 1. The summed E-state index contributed by atoms with van der Waals surface area (Å²) in [6.07, 6.45) is -0.277. The molecule has 3 heteroatoms. The standard InChI is InChI=1S/C11H12O3/c1-11(13-2)9(14-10(11)12)8-6-4-3-5-7-8/h3-7,9H,1-2H3/t9-,11?/m0/s1. The van der Waals surface area contributed by atoms with Gasteiger partial charge in [-0.15, -0.1) is 0 Å². The van der Waals surface area contributed by atoms with Gasteiger partial charge in [-0.2, -0.15) is 0 Å². The van der Waals surface area contributed by atoms with Crippen LogP contribution < -0.4 is 0 Å². The first-order valence-electron chi connectivity index (χ1n) is 4.49. The molecule has 3 nitrogen and oxygen atoms in total. The zero-order valence-corrected chi connectivity index (χ0v) is 8.19. The van der Waals surface area contributed by atoms with Crippen LogP contribution in [0.25, 0.3) is 0 Å². The molecular weight excluding hydrogens is 180 g/mol. The SMILES string of the molecule is COC1(C)C(=O)O[C@H]1c1ccccc1. The molecule has 1 aromatic rings. The Kier molecular flexibility index (Phi) is 2.04. The van der Waals surface area contributed by atoms with Crippen molar-refractivity contribution in [1.82, 2.24) is 0 Å². The van der Waals surface area contributed by atoms with E-state index in [4.69, 9.17) is 9.47 Å². The van der Waals surface area contributed by atoms with E-state index in [2.05, 4.69) is 0 Å². The van der Waals surface area contributed by atoms with Crippen molar-refractivity contribution >= 4 is 5.97 Å². The number of ether oxygens (including phenoxy) is 2. The predicted octanol–water partition coefficient (Wildman–Crippen LogP) is 1.69. The maximum atomic E-state index is 11.2. The average Bonchev–Trinajstić information content (AvgIpc) is 2.25. The Balaban J connectivity index is 2.27. The second kappa shape index (κ2) is 3.10. The lowest BCUT2D eigenvalue weighted by Crippen LogP contribution is -2.56. The largest absolute Gasteiger partial charge is 0.451 e. The molecule has 2 atom stereocenters. The molecule has 0 saturated carbocycles. The van der Waals surface area contributed by atoms with E-state index in [0.29, 0.717) is 0 Å². The van der Waals surface area contributed by atoms with Gasteiger partial charge in [0.2, 0.25) is 5.60 Å². The fourth-order valence-electron chi connectivity index (χ4n) is 1.59. The van der Waals surface area contributed by atoms with Crippen molar-refractivity contribution in [1.29, 1.82) is 0 Å². The summed E-state index contributed by atoms with van der Waals surface area (Å²) in [5.41, 5.74) is 0.151. The van der Waals surface area contributed by atoms with Gasteiger partial charge in [0, 0.05) is 7.11 Å². The van der Waals surface area contributed by atoms with E-state index in [1.165, 1.54) is 7.11 Å². The van der Waals surface area contributed by atoms with Crippen molar-refractivity contribution in [3.8, 4) is 0 Å². The lowest BCUT2D eigenvalue weighted by Gasteiger charge is -2.43. The van der Waals surface area contributed by atoms with Crippen molar-refractivity contribution < 1.29 is 14.3 Å². The molecule has 0 amide bonds. The van der Waals surface area contributed by atoms with Gasteiger partial charge in [0.15, 0.2) is 6.10 Å². The summed E-state index contributed by atoms with van der Waals surface area (Å²) < 4.78 is 10.2. The smallest absolute Gasteiger partial charge is 0.343 e. The third kappa shape index (κ3) is 1.13. The Morgan fingerprint density at radius 3 is 2.50 bits per heavy atom. The molecule has 1 fully saturated rings. The zero-order valence-electron chi connectivity index (χ0n) is 8.19. The normalized spacial score (nSPS) is 30.7. The van der Waals surface area contributed by atoms with Crippen LogP contribution in [0, 0.1) is 0 Å². The lowest BCUT2D eigenvalue weighted by atomic mass is 9.87. The summed E-state index contributed by atoms with van der Waals surface area (Å²) in [5.74, 6) is -0.297. The molecule has 1 unspecified atom stereocenters. The van der Waals surface area contributed by atoms with Crippen molar-refractivity contribution in [2.75, 3.05) is 7.11 Å². The highest BCUT2D eigenvalue weighted by atomic mass is 16.6. The number of rotatable bonds is 2. The van der Waals surface area contributed by atoms with Crippen LogP contribution in [-0.2, 0) is 14.3 Å². The van der Waals surface area contributed by atoms with E-state index in [9.17, 15) is 4.79 Å². The molecule has 0 aromatic heterocycles. The van der Waals surface area contributed by atoms with E-state index in [0.717, 1.165) is 5.56 Å². The fourth-order valence-corrected chi connectivity index (χ4v) is 1.59. The first kappa shape index (κ1) is 9.21. The molecular formula is C11H12O3. The van der Waals surface area contributed by atoms with E-state index >= 15 is 0 Å². The summed E-state index contributed by atoms with van der Waals surface area (Å²) in [6, 6.07) is 9.60. The Hall–Kier alpha value is -1.35. The van der Waals surface area contributed by atoms with E-state index in [-0.39, 0.29) is 12.1 Å². The summed E-state index contributed by atoms with van der Waals surface area (Å²) in [4.78, 5) is 11.2. The Morgan fingerprint density at radius 2 is 2.00 bits per heavy atom. The first-order valence-corrected chi connectivity index (χ1v) is 4.49. The van der Waals surface area contributed by atoms with Crippen LogP contribution in [0.1, 0.15) is 18.6 Å². The Bertz CT molecular complexity index is 347.